The van der Waals surface area contributed by atoms with Crippen LogP contribution in [0.25, 0.3) is 0 Å². The summed E-state index contributed by atoms with van der Waals surface area (Å²) in [6, 6.07) is 3.90. The van der Waals surface area contributed by atoms with Crippen LogP contribution in [0.5, 0.6) is 5.75 Å². The lowest BCUT2D eigenvalue weighted by Crippen LogP contribution is -2.07. The Balaban J connectivity index is 2.38. The van der Waals surface area contributed by atoms with Crippen molar-refractivity contribution in [3.8, 4) is 5.75 Å². The number of nitrogens with one attached hydrogen (secondary N) is 2. The van der Waals surface area contributed by atoms with Crippen molar-refractivity contribution in [2.75, 3.05) is 0 Å². The average molecular weight is 222 g/mol. The lowest BCUT2D eigenvalue weighted by molar-refractivity contribution is 0.468. The molecule has 0 saturated heterocycles. The molecule has 0 atom stereocenters. The second-order valence-corrected chi connectivity index (χ2v) is 3.64. The fourth-order valence-electron chi connectivity index (χ4n) is 1.55. The van der Waals surface area contributed by atoms with Crippen molar-refractivity contribution in [3.05, 3.63) is 51.2 Å². The van der Waals surface area contributed by atoms with Crippen LogP contribution in [0.1, 0.15) is 16.8 Å². The Hall–Kier alpha value is -2.04. The zero-order chi connectivity index (χ0) is 11.7. The molecule has 1 heterocycles. The number of aryl methyl sites for hydroxylation is 1. The number of phenols is 1. The first-order valence-corrected chi connectivity index (χ1v) is 4.81. The lowest BCUT2D eigenvalue weighted by atomic mass is 10.1. The van der Waals surface area contributed by atoms with E-state index >= 15 is 0 Å². The lowest BCUT2D eigenvalue weighted by Gasteiger charge is -2.02. The molecule has 0 aliphatic heterocycles. The van der Waals surface area contributed by atoms with E-state index in [0.717, 1.165) is 6.07 Å². The van der Waals surface area contributed by atoms with E-state index in [0.29, 0.717) is 16.8 Å². The van der Waals surface area contributed by atoms with Gasteiger partial charge in [0.2, 0.25) is 0 Å². The second kappa shape index (κ2) is 3.84. The maximum absolute atomic E-state index is 13.4. The molecule has 1 aromatic carbocycles. The number of phenolic OH excluding ortho intramolecular Hbond substituents is 1. The van der Waals surface area contributed by atoms with Gasteiger partial charge in [-0.15, -0.1) is 0 Å². The molecule has 0 amide bonds. The molecular weight excluding hydrogens is 211 g/mol. The van der Waals surface area contributed by atoms with Crippen molar-refractivity contribution in [2.45, 2.75) is 13.3 Å². The molecule has 0 saturated carbocycles. The standard InChI is InChI=1S/C11H11FN2O2/c1-6-9(11(16)14-13-6)4-7-2-3-8(15)5-10(7)12/h2-3,5,15H,4H2,1H3,(H2,13,14,16). The Bertz CT molecular complexity index is 572. The van der Waals surface area contributed by atoms with Crippen LogP contribution >= 0.6 is 0 Å². The minimum atomic E-state index is -0.514. The third kappa shape index (κ3) is 1.84. The molecule has 2 rings (SSSR count). The van der Waals surface area contributed by atoms with Gasteiger partial charge in [-0.05, 0) is 18.6 Å². The van der Waals surface area contributed by atoms with Crippen molar-refractivity contribution in [3.63, 3.8) is 0 Å². The van der Waals surface area contributed by atoms with Crippen LogP contribution < -0.4 is 5.56 Å². The van der Waals surface area contributed by atoms with E-state index in [2.05, 4.69) is 10.2 Å². The largest absolute Gasteiger partial charge is 0.508 e. The molecule has 0 bridgehead atoms. The van der Waals surface area contributed by atoms with Gasteiger partial charge in [-0.1, -0.05) is 6.07 Å². The Morgan fingerprint density at radius 1 is 1.38 bits per heavy atom. The Morgan fingerprint density at radius 3 is 2.69 bits per heavy atom. The molecule has 1 aromatic heterocycles. The molecule has 4 nitrogen and oxygen atoms in total. The molecule has 2 aromatic rings. The number of hydrogen-bond acceptors (Lipinski definition) is 2. The Morgan fingerprint density at radius 2 is 2.12 bits per heavy atom. The predicted octanol–water partition coefficient (Wildman–Crippen LogP) is 1.45. The number of benzene rings is 1. The van der Waals surface area contributed by atoms with Crippen molar-refractivity contribution in [1.82, 2.24) is 10.2 Å². The van der Waals surface area contributed by atoms with E-state index in [-0.39, 0.29) is 17.7 Å². The number of halogens is 1. The average Bonchev–Trinajstić information content (AvgIpc) is 2.53. The fraction of sp³-hybridized carbons (Fsp3) is 0.182. The third-order valence-corrected chi connectivity index (χ3v) is 2.49. The van der Waals surface area contributed by atoms with E-state index < -0.39 is 5.82 Å². The molecule has 16 heavy (non-hydrogen) atoms. The molecule has 0 aliphatic rings. The van der Waals surface area contributed by atoms with Gasteiger partial charge in [0.1, 0.15) is 11.6 Å². The minimum absolute atomic E-state index is 0.124. The summed E-state index contributed by atoms with van der Waals surface area (Å²) in [5, 5.41) is 14.2. The van der Waals surface area contributed by atoms with Gasteiger partial charge in [0.15, 0.2) is 0 Å². The van der Waals surface area contributed by atoms with Gasteiger partial charge in [0, 0.05) is 23.7 Å². The van der Waals surface area contributed by atoms with E-state index in [4.69, 9.17) is 5.11 Å². The van der Waals surface area contributed by atoms with E-state index in [1.54, 1.807) is 6.92 Å². The molecular formula is C11H11FN2O2. The van der Waals surface area contributed by atoms with Gasteiger partial charge in [-0.3, -0.25) is 9.89 Å². The first kappa shape index (κ1) is 10.5. The summed E-state index contributed by atoms with van der Waals surface area (Å²) >= 11 is 0. The topological polar surface area (TPSA) is 68.9 Å². The van der Waals surface area contributed by atoms with E-state index in [1.807, 2.05) is 0 Å². The summed E-state index contributed by atoms with van der Waals surface area (Å²) in [7, 11) is 0. The number of aromatic hydroxyl groups is 1. The summed E-state index contributed by atoms with van der Waals surface area (Å²) in [6.45, 7) is 1.74. The first-order chi connectivity index (χ1) is 7.58. The van der Waals surface area contributed by atoms with Crippen LogP contribution in [0.3, 0.4) is 0 Å². The molecule has 84 valence electrons. The van der Waals surface area contributed by atoms with E-state index in [9.17, 15) is 9.18 Å². The van der Waals surface area contributed by atoms with Gasteiger partial charge in [-0.2, -0.15) is 0 Å². The first-order valence-electron chi connectivity index (χ1n) is 4.81. The molecule has 0 unspecified atom stereocenters. The summed E-state index contributed by atoms with van der Waals surface area (Å²) < 4.78 is 13.4. The highest BCUT2D eigenvalue weighted by atomic mass is 19.1. The van der Waals surface area contributed by atoms with E-state index in [1.165, 1.54) is 12.1 Å². The number of H-pyrrole nitrogens is 2. The molecule has 0 spiro atoms. The Labute approximate surface area is 90.7 Å². The van der Waals surface area contributed by atoms with Crippen LogP contribution in [0.2, 0.25) is 0 Å². The van der Waals surface area contributed by atoms with Gasteiger partial charge < -0.3 is 10.2 Å². The van der Waals surface area contributed by atoms with Crippen molar-refractivity contribution in [2.24, 2.45) is 0 Å². The highest BCUT2D eigenvalue weighted by Crippen LogP contribution is 2.17. The number of aromatic amines is 2. The summed E-state index contributed by atoms with van der Waals surface area (Å²) in [6.07, 6.45) is 0.205. The smallest absolute Gasteiger partial charge is 0.267 e. The zero-order valence-electron chi connectivity index (χ0n) is 8.67. The molecule has 0 aliphatic carbocycles. The van der Waals surface area contributed by atoms with Gasteiger partial charge in [-0.25, -0.2) is 4.39 Å². The van der Waals surface area contributed by atoms with Crippen molar-refractivity contribution in [1.29, 1.82) is 0 Å². The minimum Gasteiger partial charge on any atom is -0.508 e. The zero-order valence-corrected chi connectivity index (χ0v) is 8.67. The van der Waals surface area contributed by atoms with Crippen LogP contribution in [-0.4, -0.2) is 15.3 Å². The molecule has 3 N–H and O–H groups in total. The normalized spacial score (nSPS) is 10.6. The molecule has 0 radical (unpaired) electrons. The number of aromatic nitrogens is 2. The van der Waals surface area contributed by atoms with Crippen LogP contribution in [0, 0.1) is 12.7 Å². The number of rotatable bonds is 2. The number of hydrogen-bond donors (Lipinski definition) is 3. The Kier molecular flexibility index (Phi) is 2.52. The monoisotopic (exact) mass is 222 g/mol. The third-order valence-electron chi connectivity index (χ3n) is 2.49. The van der Waals surface area contributed by atoms with Crippen LogP contribution in [0.15, 0.2) is 23.0 Å². The van der Waals surface area contributed by atoms with Gasteiger partial charge in [0.05, 0.1) is 0 Å². The molecule has 5 heteroatoms. The fourth-order valence-corrected chi connectivity index (χ4v) is 1.55. The summed E-state index contributed by atoms with van der Waals surface area (Å²) in [5.74, 6) is -0.638. The van der Waals surface area contributed by atoms with Crippen molar-refractivity contribution < 1.29 is 9.50 Å². The maximum Gasteiger partial charge on any atom is 0.267 e. The van der Waals surface area contributed by atoms with Crippen LogP contribution in [0.4, 0.5) is 4.39 Å². The van der Waals surface area contributed by atoms with Gasteiger partial charge in [0.25, 0.3) is 5.56 Å². The summed E-state index contributed by atoms with van der Waals surface area (Å²) in [5.41, 5.74) is 1.33. The highest BCUT2D eigenvalue weighted by molar-refractivity contribution is 5.32. The quantitative estimate of drug-likeness (QED) is 0.719. The van der Waals surface area contributed by atoms with Crippen LogP contribution in [-0.2, 0) is 6.42 Å². The molecule has 0 fully saturated rings. The highest BCUT2D eigenvalue weighted by Gasteiger charge is 2.10. The second-order valence-electron chi connectivity index (χ2n) is 3.64. The van der Waals surface area contributed by atoms with Gasteiger partial charge >= 0.3 is 0 Å². The SMILES string of the molecule is Cc1[nH][nH]c(=O)c1Cc1ccc(O)cc1F. The maximum atomic E-state index is 13.4. The summed E-state index contributed by atoms with van der Waals surface area (Å²) in [4.78, 5) is 11.4. The van der Waals surface area contributed by atoms with Crippen molar-refractivity contribution >= 4 is 0 Å². The predicted molar refractivity (Wildman–Crippen MR) is 57.0 cm³/mol.